The van der Waals surface area contributed by atoms with Crippen molar-refractivity contribution in [1.82, 2.24) is 0 Å². The summed E-state index contributed by atoms with van der Waals surface area (Å²) in [5, 5.41) is 17.7. The SMILES string of the molecule is O=C(O)c1ccc(CCO)[c]([Na])c1S(=O)(=O)O. The van der Waals surface area contributed by atoms with Crippen molar-refractivity contribution in [1.29, 1.82) is 0 Å². The summed E-state index contributed by atoms with van der Waals surface area (Å²) in [6.45, 7) is -0.174. The van der Waals surface area contributed by atoms with Gasteiger partial charge in [-0.15, -0.1) is 0 Å². The Balaban J connectivity index is 3.60. The Hall–Kier alpha value is -0.440. The summed E-state index contributed by atoms with van der Waals surface area (Å²) in [4.78, 5) is 10.3. The van der Waals surface area contributed by atoms with Gasteiger partial charge in [0.15, 0.2) is 0 Å². The van der Waals surface area contributed by atoms with Gasteiger partial charge in [-0.05, 0) is 0 Å². The van der Waals surface area contributed by atoms with E-state index in [0.717, 1.165) is 6.07 Å². The fourth-order valence-electron chi connectivity index (χ4n) is 1.62. The van der Waals surface area contributed by atoms with Gasteiger partial charge in [0, 0.05) is 0 Å². The number of aromatic carboxylic acids is 1. The molecule has 1 aromatic rings. The van der Waals surface area contributed by atoms with Gasteiger partial charge in [-0.3, -0.25) is 0 Å². The first-order valence-electron chi connectivity index (χ1n) is 4.73. The zero-order chi connectivity index (χ0) is 13.2. The van der Waals surface area contributed by atoms with E-state index in [4.69, 9.17) is 14.8 Å². The second-order valence-corrected chi connectivity index (χ2v) is 5.84. The van der Waals surface area contributed by atoms with Crippen LogP contribution >= 0.6 is 0 Å². The first kappa shape index (κ1) is 14.6. The predicted octanol–water partition coefficient (Wildman–Crippen LogP) is -1.04. The molecule has 0 atom stereocenters. The fraction of sp³-hybridized carbons (Fsp3) is 0.222. The van der Waals surface area contributed by atoms with E-state index in [0.29, 0.717) is 5.56 Å². The number of benzene rings is 1. The number of carbonyl (C=O) groups is 1. The van der Waals surface area contributed by atoms with Gasteiger partial charge in [-0.2, -0.15) is 0 Å². The molecule has 0 heterocycles. The molecule has 6 nitrogen and oxygen atoms in total. The van der Waals surface area contributed by atoms with Crippen LogP contribution in [0.15, 0.2) is 17.0 Å². The summed E-state index contributed by atoms with van der Waals surface area (Å²) in [5.41, 5.74) is 0.0935. The fourth-order valence-corrected chi connectivity index (χ4v) is 4.04. The maximum absolute atomic E-state index is 11.2. The summed E-state index contributed by atoms with van der Waals surface area (Å²) in [5.74, 6) is -1.41. The first-order valence-corrected chi connectivity index (χ1v) is 7.17. The number of rotatable bonds is 4. The van der Waals surface area contributed by atoms with Crippen LogP contribution in [0.1, 0.15) is 15.9 Å². The second kappa shape index (κ2) is 5.47. The molecule has 0 aliphatic rings. The monoisotopic (exact) mass is 268 g/mol. The zero-order valence-electron chi connectivity index (χ0n) is 9.04. The summed E-state index contributed by atoms with van der Waals surface area (Å²) in [6.07, 6.45) is 0.223. The second-order valence-electron chi connectivity index (χ2n) is 3.48. The quantitative estimate of drug-likeness (QED) is 0.475. The average molecular weight is 268 g/mol. The van der Waals surface area contributed by atoms with E-state index < -0.39 is 26.5 Å². The molecule has 0 saturated heterocycles. The van der Waals surface area contributed by atoms with Gasteiger partial charge < -0.3 is 0 Å². The molecule has 0 bridgehead atoms. The molecule has 17 heavy (non-hydrogen) atoms. The van der Waals surface area contributed by atoms with Crippen LogP contribution in [-0.2, 0) is 16.5 Å². The third-order valence-electron chi connectivity index (χ3n) is 2.39. The van der Waals surface area contributed by atoms with Crippen LogP contribution in [0.5, 0.6) is 0 Å². The third kappa shape index (κ3) is 3.27. The van der Waals surface area contributed by atoms with Crippen molar-refractivity contribution in [3.05, 3.63) is 23.3 Å². The average Bonchev–Trinajstić information content (AvgIpc) is 2.18. The van der Waals surface area contributed by atoms with Gasteiger partial charge in [0.05, 0.1) is 0 Å². The summed E-state index contributed by atoms with van der Waals surface area (Å²) >= 11 is 0.253. The standard InChI is InChI=1S/C9H9O6S.Na/c10-4-3-6-1-2-7(9(11)12)8(5-6)16(13,14)15;/h1-2,10H,3-4H2,(H,11,12)(H,13,14,15);. The predicted molar refractivity (Wildman–Crippen MR) is 59.4 cm³/mol. The minimum absolute atomic E-state index is 0.174. The van der Waals surface area contributed by atoms with Crippen molar-refractivity contribution in [2.24, 2.45) is 0 Å². The molecule has 0 spiro atoms. The molecule has 8 heteroatoms. The van der Waals surface area contributed by atoms with Gasteiger partial charge in [0.2, 0.25) is 0 Å². The van der Waals surface area contributed by atoms with Crippen molar-refractivity contribution in [2.75, 3.05) is 6.61 Å². The normalized spacial score (nSPS) is 11.5. The zero-order valence-corrected chi connectivity index (χ0v) is 11.9. The van der Waals surface area contributed by atoms with Gasteiger partial charge in [0.25, 0.3) is 0 Å². The number of carboxylic acid groups (broad SMARTS) is 1. The van der Waals surface area contributed by atoms with Crippen LogP contribution in [0.3, 0.4) is 0 Å². The van der Waals surface area contributed by atoms with Crippen LogP contribution in [0, 0.1) is 0 Å². The molecule has 0 aliphatic heterocycles. The first-order chi connectivity index (χ1) is 7.79. The molecule has 0 unspecified atom stereocenters. The van der Waals surface area contributed by atoms with E-state index >= 15 is 0 Å². The van der Waals surface area contributed by atoms with Gasteiger partial charge in [-0.25, -0.2) is 0 Å². The molecule has 1 rings (SSSR count). The Morgan fingerprint density at radius 3 is 2.35 bits per heavy atom. The maximum atomic E-state index is 11.2. The number of aliphatic hydroxyl groups is 1. The van der Waals surface area contributed by atoms with Crippen molar-refractivity contribution in [3.63, 3.8) is 0 Å². The molecule has 0 aromatic heterocycles. The van der Waals surface area contributed by atoms with Crippen LogP contribution in [-0.4, -0.2) is 63.7 Å². The Morgan fingerprint density at radius 1 is 1.35 bits per heavy atom. The third-order valence-corrected chi connectivity index (χ3v) is 4.93. The number of aliphatic hydroxyl groups excluding tert-OH is 1. The number of carboxylic acids is 1. The topological polar surface area (TPSA) is 112 Å². The molecule has 88 valence electrons. The van der Waals surface area contributed by atoms with E-state index in [-0.39, 0.29) is 43.8 Å². The molecule has 0 saturated carbocycles. The molecule has 0 radical (unpaired) electrons. The van der Waals surface area contributed by atoms with E-state index in [1.807, 2.05) is 0 Å². The van der Waals surface area contributed by atoms with Crippen LogP contribution in [0.25, 0.3) is 0 Å². The van der Waals surface area contributed by atoms with Crippen molar-refractivity contribution in [3.8, 4) is 0 Å². The Kier molecular flexibility index (Phi) is 4.70. The van der Waals surface area contributed by atoms with Crippen molar-refractivity contribution < 1.29 is 28.0 Å². The van der Waals surface area contributed by atoms with Gasteiger partial charge in [0.1, 0.15) is 0 Å². The van der Waals surface area contributed by atoms with E-state index in [9.17, 15) is 13.2 Å². The molecule has 0 amide bonds. The van der Waals surface area contributed by atoms with E-state index in [1.54, 1.807) is 0 Å². The van der Waals surface area contributed by atoms with Crippen LogP contribution in [0.4, 0.5) is 0 Å². The molecule has 0 aliphatic carbocycles. The van der Waals surface area contributed by atoms with E-state index in [2.05, 4.69) is 0 Å². The summed E-state index contributed by atoms with van der Waals surface area (Å²) in [7, 11) is -4.58. The van der Waals surface area contributed by atoms with Crippen LogP contribution < -0.4 is 2.81 Å². The van der Waals surface area contributed by atoms with Gasteiger partial charge in [-0.1, -0.05) is 0 Å². The Labute approximate surface area is 115 Å². The van der Waals surface area contributed by atoms with E-state index in [1.165, 1.54) is 6.07 Å². The Morgan fingerprint density at radius 2 is 1.94 bits per heavy atom. The molecule has 0 fully saturated rings. The summed E-state index contributed by atoms with van der Waals surface area (Å²) in [6, 6.07) is 2.58. The number of hydrogen-bond acceptors (Lipinski definition) is 4. The van der Waals surface area contributed by atoms with Crippen LogP contribution in [0.2, 0.25) is 0 Å². The molecule has 3 N–H and O–H groups in total. The number of hydrogen-bond donors (Lipinski definition) is 3. The molecular formula is C9H9NaO6S. The molecular weight excluding hydrogens is 259 g/mol. The van der Waals surface area contributed by atoms with Gasteiger partial charge >= 0.3 is 116 Å². The molecule has 1 aromatic carbocycles. The minimum atomic E-state index is -4.58. The Bertz CT molecular complexity index is 551. The van der Waals surface area contributed by atoms with Crippen molar-refractivity contribution >= 4 is 46.8 Å². The van der Waals surface area contributed by atoms with Crippen molar-refractivity contribution in [2.45, 2.75) is 11.3 Å². The summed E-state index contributed by atoms with van der Waals surface area (Å²) < 4.78 is 31.7.